The Labute approximate surface area is 111 Å². The molecule has 1 saturated heterocycles. The zero-order valence-electron chi connectivity index (χ0n) is 10.6. The summed E-state index contributed by atoms with van der Waals surface area (Å²) in [6.45, 7) is 2.86. The fourth-order valence-corrected chi connectivity index (χ4v) is 3.24. The highest BCUT2D eigenvalue weighted by molar-refractivity contribution is 7.13. The average molecular weight is 269 g/mol. The van der Waals surface area contributed by atoms with Crippen molar-refractivity contribution in [2.45, 2.75) is 51.6 Å². The summed E-state index contributed by atoms with van der Waals surface area (Å²) in [6, 6.07) is 0. The molecule has 2 rings (SSSR count). The Bertz CT molecular complexity index is 410. The molecule has 1 aromatic heterocycles. The van der Waals surface area contributed by atoms with Gasteiger partial charge < -0.3 is 9.84 Å². The summed E-state index contributed by atoms with van der Waals surface area (Å²) >= 11 is 1.31. The summed E-state index contributed by atoms with van der Waals surface area (Å²) in [6.07, 6.45) is 6.03. The van der Waals surface area contributed by atoms with Crippen molar-refractivity contribution in [3.8, 4) is 0 Å². The van der Waals surface area contributed by atoms with Crippen LogP contribution in [0.4, 0.5) is 0 Å². The maximum atomic E-state index is 11.1. The summed E-state index contributed by atoms with van der Waals surface area (Å²) in [5.74, 6) is -0.855. The molecule has 0 saturated carbocycles. The van der Waals surface area contributed by atoms with E-state index in [0.717, 1.165) is 49.4 Å². The van der Waals surface area contributed by atoms with Gasteiger partial charge in [-0.25, -0.2) is 9.78 Å². The number of hydrogen-bond donors (Lipinski definition) is 1. The predicted octanol–water partition coefficient (Wildman–Crippen LogP) is 2.91. The number of carbonyl (C=O) groups is 1. The van der Waals surface area contributed by atoms with Gasteiger partial charge >= 0.3 is 5.97 Å². The van der Waals surface area contributed by atoms with Crippen LogP contribution in [0.15, 0.2) is 0 Å². The number of aromatic carboxylic acids is 1. The second-order valence-electron chi connectivity index (χ2n) is 4.63. The Kier molecular flexibility index (Phi) is 4.72. The van der Waals surface area contributed by atoms with Crippen LogP contribution in [-0.2, 0) is 17.6 Å². The molecule has 18 heavy (non-hydrogen) atoms. The Morgan fingerprint density at radius 1 is 1.56 bits per heavy atom. The minimum atomic E-state index is -0.855. The molecule has 1 atom stereocenters. The SMILES string of the molecule is CCCc1nc(CC2CCCCO2)sc1C(=O)O. The highest BCUT2D eigenvalue weighted by Crippen LogP contribution is 2.24. The van der Waals surface area contributed by atoms with Crippen molar-refractivity contribution in [1.29, 1.82) is 0 Å². The van der Waals surface area contributed by atoms with Crippen molar-refractivity contribution in [3.05, 3.63) is 15.6 Å². The summed E-state index contributed by atoms with van der Waals surface area (Å²) in [5.41, 5.74) is 0.737. The van der Waals surface area contributed by atoms with Gasteiger partial charge in [-0.1, -0.05) is 13.3 Å². The molecule has 1 aliphatic heterocycles. The molecule has 0 amide bonds. The number of hydrogen-bond acceptors (Lipinski definition) is 4. The lowest BCUT2D eigenvalue weighted by atomic mass is 10.1. The van der Waals surface area contributed by atoms with Crippen molar-refractivity contribution >= 4 is 17.3 Å². The topological polar surface area (TPSA) is 59.4 Å². The van der Waals surface area contributed by atoms with Crippen LogP contribution in [0, 0.1) is 0 Å². The third-order valence-corrected chi connectivity index (χ3v) is 4.21. The number of carboxylic acid groups (broad SMARTS) is 1. The molecule has 1 aromatic rings. The van der Waals surface area contributed by atoms with Crippen LogP contribution in [0.3, 0.4) is 0 Å². The molecule has 1 unspecified atom stereocenters. The molecule has 1 N–H and O–H groups in total. The molecule has 1 aliphatic rings. The van der Waals surface area contributed by atoms with Gasteiger partial charge in [0.2, 0.25) is 0 Å². The zero-order chi connectivity index (χ0) is 13.0. The normalized spacial score (nSPS) is 19.9. The van der Waals surface area contributed by atoms with Crippen LogP contribution < -0.4 is 0 Å². The third-order valence-electron chi connectivity index (χ3n) is 3.10. The first-order valence-electron chi connectivity index (χ1n) is 6.54. The summed E-state index contributed by atoms with van der Waals surface area (Å²) in [5, 5.41) is 10.1. The second-order valence-corrected chi connectivity index (χ2v) is 5.71. The maximum Gasteiger partial charge on any atom is 0.347 e. The van der Waals surface area contributed by atoms with E-state index in [1.807, 2.05) is 6.92 Å². The molecule has 0 aliphatic carbocycles. The fourth-order valence-electron chi connectivity index (χ4n) is 2.22. The Hall–Kier alpha value is -0.940. The molecular weight excluding hydrogens is 250 g/mol. The number of nitrogens with zero attached hydrogens (tertiary/aromatic N) is 1. The average Bonchev–Trinajstić information content (AvgIpc) is 2.74. The van der Waals surface area contributed by atoms with Crippen molar-refractivity contribution in [1.82, 2.24) is 4.98 Å². The molecular formula is C13H19NO3S. The first-order chi connectivity index (χ1) is 8.70. The number of aromatic nitrogens is 1. The van der Waals surface area contributed by atoms with Crippen LogP contribution in [-0.4, -0.2) is 28.8 Å². The van der Waals surface area contributed by atoms with Gasteiger partial charge in [0, 0.05) is 13.0 Å². The van der Waals surface area contributed by atoms with Gasteiger partial charge in [0.15, 0.2) is 0 Å². The van der Waals surface area contributed by atoms with Crippen molar-refractivity contribution in [3.63, 3.8) is 0 Å². The maximum absolute atomic E-state index is 11.1. The van der Waals surface area contributed by atoms with E-state index in [2.05, 4.69) is 4.98 Å². The summed E-state index contributed by atoms with van der Waals surface area (Å²) < 4.78 is 5.67. The van der Waals surface area contributed by atoms with E-state index in [-0.39, 0.29) is 6.10 Å². The van der Waals surface area contributed by atoms with Crippen LogP contribution in [0.2, 0.25) is 0 Å². The second kappa shape index (κ2) is 6.29. The lowest BCUT2D eigenvalue weighted by Crippen LogP contribution is -2.21. The van der Waals surface area contributed by atoms with Gasteiger partial charge in [0.25, 0.3) is 0 Å². The highest BCUT2D eigenvalue weighted by Gasteiger charge is 2.20. The fraction of sp³-hybridized carbons (Fsp3) is 0.692. The predicted molar refractivity (Wildman–Crippen MR) is 70.4 cm³/mol. The minimum Gasteiger partial charge on any atom is -0.477 e. The van der Waals surface area contributed by atoms with Gasteiger partial charge in [-0.05, 0) is 25.7 Å². The number of rotatable bonds is 5. The van der Waals surface area contributed by atoms with Gasteiger partial charge in [0.1, 0.15) is 4.88 Å². The lowest BCUT2D eigenvalue weighted by molar-refractivity contribution is 0.0167. The van der Waals surface area contributed by atoms with E-state index < -0.39 is 5.97 Å². The smallest absolute Gasteiger partial charge is 0.347 e. The van der Waals surface area contributed by atoms with Crippen molar-refractivity contribution < 1.29 is 14.6 Å². The molecule has 4 nitrogen and oxygen atoms in total. The Morgan fingerprint density at radius 2 is 2.39 bits per heavy atom. The van der Waals surface area contributed by atoms with Crippen LogP contribution in [0.5, 0.6) is 0 Å². The molecule has 1 fully saturated rings. The molecule has 0 spiro atoms. The highest BCUT2D eigenvalue weighted by atomic mass is 32.1. The van der Waals surface area contributed by atoms with Gasteiger partial charge in [-0.2, -0.15) is 0 Å². The molecule has 5 heteroatoms. The van der Waals surface area contributed by atoms with Crippen molar-refractivity contribution in [2.24, 2.45) is 0 Å². The molecule has 0 radical (unpaired) electrons. The minimum absolute atomic E-state index is 0.223. The van der Waals surface area contributed by atoms with Gasteiger partial charge in [-0.15, -0.1) is 11.3 Å². The van der Waals surface area contributed by atoms with Crippen molar-refractivity contribution in [2.75, 3.05) is 6.61 Å². The lowest BCUT2D eigenvalue weighted by Gasteiger charge is -2.21. The van der Waals surface area contributed by atoms with Gasteiger partial charge in [-0.3, -0.25) is 0 Å². The van der Waals surface area contributed by atoms with E-state index in [0.29, 0.717) is 4.88 Å². The number of ether oxygens (including phenoxy) is 1. The van der Waals surface area contributed by atoms with E-state index in [1.54, 1.807) is 0 Å². The van der Waals surface area contributed by atoms with E-state index in [9.17, 15) is 4.79 Å². The number of thiazole rings is 1. The van der Waals surface area contributed by atoms with Gasteiger partial charge in [0.05, 0.1) is 16.8 Å². The van der Waals surface area contributed by atoms with E-state index in [4.69, 9.17) is 9.84 Å². The molecule has 0 aromatic carbocycles. The molecule has 100 valence electrons. The number of carboxylic acids is 1. The first kappa shape index (κ1) is 13.5. The summed E-state index contributed by atoms with van der Waals surface area (Å²) in [7, 11) is 0. The standard InChI is InChI=1S/C13H19NO3S/c1-2-5-10-12(13(15)16)18-11(14-10)8-9-6-3-4-7-17-9/h9H,2-8H2,1H3,(H,15,16). The Morgan fingerprint density at radius 3 is 3.00 bits per heavy atom. The van der Waals surface area contributed by atoms with Crippen LogP contribution in [0.1, 0.15) is 53.0 Å². The Balaban J connectivity index is 2.07. The van der Waals surface area contributed by atoms with E-state index in [1.165, 1.54) is 17.8 Å². The monoisotopic (exact) mass is 269 g/mol. The number of aryl methyl sites for hydroxylation is 1. The van der Waals surface area contributed by atoms with Crippen LogP contribution in [0.25, 0.3) is 0 Å². The first-order valence-corrected chi connectivity index (χ1v) is 7.35. The quantitative estimate of drug-likeness (QED) is 0.893. The van der Waals surface area contributed by atoms with Crippen LogP contribution >= 0.6 is 11.3 Å². The van der Waals surface area contributed by atoms with E-state index >= 15 is 0 Å². The third kappa shape index (κ3) is 3.29. The zero-order valence-corrected chi connectivity index (χ0v) is 11.5. The molecule has 0 bridgehead atoms. The molecule has 2 heterocycles. The summed E-state index contributed by atoms with van der Waals surface area (Å²) in [4.78, 5) is 16.0. The largest absolute Gasteiger partial charge is 0.477 e.